The molecule has 3 rings (SSSR count). The molecule has 2 fully saturated rings. The molecule has 1 atom stereocenters. The van der Waals surface area contributed by atoms with Crippen LogP contribution in [0, 0.1) is 0 Å². The Labute approximate surface area is 111 Å². The summed E-state index contributed by atoms with van der Waals surface area (Å²) in [4.78, 5) is 11.5. The Balaban J connectivity index is 1.90. The maximum absolute atomic E-state index is 4.55. The lowest BCUT2D eigenvalue weighted by Gasteiger charge is -2.34. The molecule has 0 bridgehead atoms. The predicted octanol–water partition coefficient (Wildman–Crippen LogP) is 3.50. The Morgan fingerprint density at radius 3 is 2.76 bits per heavy atom. The van der Waals surface area contributed by atoms with Crippen LogP contribution in [-0.2, 0) is 0 Å². The normalized spacial score (nSPS) is 25.1. The number of halogens is 1. The van der Waals surface area contributed by atoms with Gasteiger partial charge in [0.1, 0.15) is 5.82 Å². The van der Waals surface area contributed by atoms with Gasteiger partial charge in [0.15, 0.2) is 4.73 Å². The molecule has 2 heterocycles. The Hall–Kier alpha value is -0.640. The van der Waals surface area contributed by atoms with Crippen LogP contribution in [0.15, 0.2) is 10.8 Å². The van der Waals surface area contributed by atoms with Gasteiger partial charge in [-0.1, -0.05) is 0 Å². The van der Waals surface area contributed by atoms with Crippen LogP contribution in [0.3, 0.4) is 0 Å². The summed E-state index contributed by atoms with van der Waals surface area (Å²) in [6.45, 7) is 3.43. The summed E-state index contributed by atoms with van der Waals surface area (Å²) in [5.74, 6) is 1.80. The van der Waals surface area contributed by atoms with Gasteiger partial charge < -0.3 is 4.90 Å². The second kappa shape index (κ2) is 4.56. The van der Waals surface area contributed by atoms with Gasteiger partial charge in [0.05, 0.1) is 5.69 Å². The van der Waals surface area contributed by atoms with Crippen LogP contribution in [0.5, 0.6) is 0 Å². The first-order valence-corrected chi connectivity index (χ1v) is 7.34. The average Bonchev–Trinajstić information content (AvgIpc) is 3.12. The SMILES string of the molecule is CC1CCCCN1c1cc(C2CC2)nc(Br)n1. The van der Waals surface area contributed by atoms with Gasteiger partial charge >= 0.3 is 0 Å². The summed E-state index contributed by atoms with van der Waals surface area (Å²) < 4.78 is 0.745. The van der Waals surface area contributed by atoms with E-state index in [9.17, 15) is 0 Å². The molecule has 0 radical (unpaired) electrons. The summed E-state index contributed by atoms with van der Waals surface area (Å²) in [6, 6.07) is 2.81. The highest BCUT2D eigenvalue weighted by atomic mass is 79.9. The molecular weight excluding hydrogens is 278 g/mol. The third-order valence-corrected chi connectivity index (χ3v) is 4.15. The molecule has 1 aromatic rings. The lowest BCUT2D eigenvalue weighted by atomic mass is 10.0. The van der Waals surface area contributed by atoms with Crippen molar-refractivity contribution in [1.82, 2.24) is 9.97 Å². The maximum Gasteiger partial charge on any atom is 0.198 e. The quantitative estimate of drug-likeness (QED) is 0.782. The second-order valence-electron chi connectivity index (χ2n) is 5.23. The highest BCUT2D eigenvalue weighted by Crippen LogP contribution is 2.40. The molecule has 3 nitrogen and oxygen atoms in total. The summed E-state index contributed by atoms with van der Waals surface area (Å²) in [5.41, 5.74) is 1.22. The second-order valence-corrected chi connectivity index (χ2v) is 5.94. The molecule has 0 N–H and O–H groups in total. The Morgan fingerprint density at radius 1 is 1.24 bits per heavy atom. The van der Waals surface area contributed by atoms with Crippen LogP contribution in [0.25, 0.3) is 0 Å². The van der Waals surface area contributed by atoms with Gasteiger partial charge in [0.2, 0.25) is 0 Å². The Morgan fingerprint density at radius 2 is 2.06 bits per heavy atom. The number of anilines is 1. The van der Waals surface area contributed by atoms with Gasteiger partial charge in [-0.2, -0.15) is 0 Å². The van der Waals surface area contributed by atoms with Gasteiger partial charge in [-0.25, -0.2) is 9.97 Å². The van der Waals surface area contributed by atoms with Crippen molar-refractivity contribution in [3.63, 3.8) is 0 Å². The van der Waals surface area contributed by atoms with E-state index in [2.05, 4.69) is 43.8 Å². The van der Waals surface area contributed by atoms with E-state index in [4.69, 9.17) is 0 Å². The first-order valence-electron chi connectivity index (χ1n) is 6.55. The lowest BCUT2D eigenvalue weighted by Crippen LogP contribution is -2.38. The van der Waals surface area contributed by atoms with Crippen molar-refractivity contribution in [2.75, 3.05) is 11.4 Å². The fourth-order valence-corrected chi connectivity index (χ4v) is 2.98. The fraction of sp³-hybridized carbons (Fsp3) is 0.692. The Bertz CT molecular complexity index is 417. The molecular formula is C13H18BrN3. The van der Waals surface area contributed by atoms with E-state index < -0.39 is 0 Å². The number of rotatable bonds is 2. The van der Waals surface area contributed by atoms with Crippen molar-refractivity contribution in [3.05, 3.63) is 16.5 Å². The highest BCUT2D eigenvalue weighted by Gasteiger charge is 2.27. The molecule has 0 amide bonds. The van der Waals surface area contributed by atoms with Crippen molar-refractivity contribution in [1.29, 1.82) is 0 Å². The molecule has 0 spiro atoms. The van der Waals surface area contributed by atoms with Gasteiger partial charge in [-0.15, -0.1) is 0 Å². The molecule has 17 heavy (non-hydrogen) atoms. The minimum atomic E-state index is 0.609. The number of hydrogen-bond donors (Lipinski definition) is 0. The molecule has 4 heteroatoms. The van der Waals surface area contributed by atoms with E-state index in [1.807, 2.05) is 0 Å². The minimum Gasteiger partial charge on any atom is -0.354 e. The zero-order chi connectivity index (χ0) is 11.8. The number of nitrogens with zero attached hydrogens (tertiary/aromatic N) is 3. The van der Waals surface area contributed by atoms with Crippen LogP contribution >= 0.6 is 15.9 Å². The van der Waals surface area contributed by atoms with Gasteiger partial charge in [0, 0.05) is 24.6 Å². The summed E-state index contributed by atoms with van der Waals surface area (Å²) >= 11 is 3.45. The lowest BCUT2D eigenvalue weighted by molar-refractivity contribution is 0.480. The third-order valence-electron chi connectivity index (χ3n) is 3.80. The van der Waals surface area contributed by atoms with E-state index >= 15 is 0 Å². The smallest absolute Gasteiger partial charge is 0.198 e. The molecule has 1 saturated carbocycles. The highest BCUT2D eigenvalue weighted by molar-refractivity contribution is 9.10. The average molecular weight is 296 g/mol. The maximum atomic E-state index is 4.55. The third kappa shape index (κ3) is 2.46. The zero-order valence-corrected chi connectivity index (χ0v) is 11.8. The molecule has 1 saturated heterocycles. The molecule has 92 valence electrons. The predicted molar refractivity (Wildman–Crippen MR) is 72.4 cm³/mol. The molecule has 1 unspecified atom stereocenters. The minimum absolute atomic E-state index is 0.609. The van der Waals surface area contributed by atoms with Crippen molar-refractivity contribution in [2.24, 2.45) is 0 Å². The van der Waals surface area contributed by atoms with Crippen molar-refractivity contribution in [3.8, 4) is 0 Å². The van der Waals surface area contributed by atoms with Gasteiger partial charge in [-0.05, 0) is 55.0 Å². The van der Waals surface area contributed by atoms with Crippen LogP contribution < -0.4 is 4.90 Å². The number of hydrogen-bond acceptors (Lipinski definition) is 3. The first-order chi connectivity index (χ1) is 8.24. The van der Waals surface area contributed by atoms with Crippen LogP contribution in [0.4, 0.5) is 5.82 Å². The summed E-state index contributed by atoms with van der Waals surface area (Å²) in [5, 5.41) is 0. The summed E-state index contributed by atoms with van der Waals surface area (Å²) in [7, 11) is 0. The van der Waals surface area contributed by atoms with Crippen LogP contribution in [-0.4, -0.2) is 22.6 Å². The first kappa shape index (κ1) is 11.5. The number of aromatic nitrogens is 2. The van der Waals surface area contributed by atoms with Crippen LogP contribution in [0.2, 0.25) is 0 Å². The molecule has 0 aromatic carbocycles. The molecule has 2 aliphatic rings. The molecule has 1 aliphatic heterocycles. The number of piperidine rings is 1. The van der Waals surface area contributed by atoms with E-state index in [-0.39, 0.29) is 0 Å². The molecule has 1 aromatic heterocycles. The largest absolute Gasteiger partial charge is 0.354 e. The molecule has 1 aliphatic carbocycles. The zero-order valence-electron chi connectivity index (χ0n) is 10.2. The monoisotopic (exact) mass is 295 g/mol. The van der Waals surface area contributed by atoms with Gasteiger partial charge in [-0.3, -0.25) is 0 Å². The van der Waals surface area contributed by atoms with E-state index in [1.165, 1.54) is 37.8 Å². The topological polar surface area (TPSA) is 29.0 Å². The summed E-state index contributed by atoms with van der Waals surface area (Å²) in [6.07, 6.45) is 6.49. The van der Waals surface area contributed by atoms with Crippen molar-refractivity contribution in [2.45, 2.75) is 51.0 Å². The van der Waals surface area contributed by atoms with Crippen molar-refractivity contribution >= 4 is 21.7 Å². The van der Waals surface area contributed by atoms with Gasteiger partial charge in [0.25, 0.3) is 0 Å². The Kier molecular flexibility index (Phi) is 3.07. The standard InChI is InChI=1S/C13H18BrN3/c1-9-4-2-3-7-17(9)12-8-11(10-5-6-10)15-13(14)16-12/h8-10H,2-7H2,1H3. The van der Waals surface area contributed by atoms with Crippen molar-refractivity contribution < 1.29 is 0 Å². The van der Waals surface area contributed by atoms with E-state index in [1.54, 1.807) is 0 Å². The van der Waals surface area contributed by atoms with E-state index in [0.717, 1.165) is 17.1 Å². The van der Waals surface area contributed by atoms with E-state index in [0.29, 0.717) is 12.0 Å². The van der Waals surface area contributed by atoms with Crippen LogP contribution in [0.1, 0.15) is 50.6 Å². The fourth-order valence-electron chi connectivity index (χ4n) is 2.60.